The van der Waals surface area contributed by atoms with Gasteiger partial charge in [0.1, 0.15) is 12.0 Å². The Morgan fingerprint density at radius 1 is 1.43 bits per heavy atom. The lowest BCUT2D eigenvalue weighted by Crippen LogP contribution is -2.04. The minimum Gasteiger partial charge on any atom is -0.306 e. The predicted octanol–water partition coefficient (Wildman–Crippen LogP) is 3.80. The molecule has 3 rings (SSSR count). The van der Waals surface area contributed by atoms with Crippen LogP contribution in [0.4, 0.5) is 11.5 Å². The van der Waals surface area contributed by atoms with E-state index in [1.54, 1.807) is 17.4 Å². The van der Waals surface area contributed by atoms with Crippen LogP contribution < -0.4 is 5.32 Å². The standard InChI is InChI=1S/C16H15N3O3S/c1-3-4-14-9(2)5-11(23-14)7-13-12-6-10(19(21)22)8-17-15(12)18-16(13)20/h5-8H,3-4H2,1-2H3,(H,17,18,20). The molecule has 1 N–H and O–H groups in total. The number of thiophene rings is 1. The summed E-state index contributed by atoms with van der Waals surface area (Å²) in [4.78, 5) is 28.8. The number of carbonyl (C=O) groups is 1. The zero-order chi connectivity index (χ0) is 16.6. The molecular formula is C16H15N3O3S. The largest absolute Gasteiger partial charge is 0.306 e. The summed E-state index contributed by atoms with van der Waals surface area (Å²) in [5.74, 6) is 0.0880. The monoisotopic (exact) mass is 329 g/mol. The highest BCUT2D eigenvalue weighted by Gasteiger charge is 2.27. The van der Waals surface area contributed by atoms with Crippen LogP contribution in [-0.2, 0) is 11.2 Å². The summed E-state index contributed by atoms with van der Waals surface area (Å²) in [6, 6.07) is 3.43. The Morgan fingerprint density at radius 3 is 2.91 bits per heavy atom. The molecule has 3 heterocycles. The number of anilines is 1. The predicted molar refractivity (Wildman–Crippen MR) is 90.4 cm³/mol. The molecule has 1 aliphatic rings. The van der Waals surface area contributed by atoms with Crippen molar-refractivity contribution < 1.29 is 9.72 Å². The molecule has 23 heavy (non-hydrogen) atoms. The first-order valence-electron chi connectivity index (χ1n) is 7.26. The van der Waals surface area contributed by atoms with Crippen molar-refractivity contribution >= 4 is 40.4 Å². The number of nitrogens with zero attached hydrogens (tertiary/aromatic N) is 2. The second-order valence-electron chi connectivity index (χ2n) is 5.36. The van der Waals surface area contributed by atoms with E-state index in [-0.39, 0.29) is 11.6 Å². The van der Waals surface area contributed by atoms with Crippen molar-refractivity contribution in [3.63, 3.8) is 0 Å². The van der Waals surface area contributed by atoms with Gasteiger partial charge in [-0.05, 0) is 31.1 Å². The number of pyridine rings is 1. The maximum absolute atomic E-state index is 12.1. The number of aryl methyl sites for hydroxylation is 2. The number of hydrogen-bond donors (Lipinski definition) is 1. The minimum atomic E-state index is -0.512. The lowest BCUT2D eigenvalue weighted by molar-refractivity contribution is -0.385. The molecule has 0 bridgehead atoms. The quantitative estimate of drug-likeness (QED) is 0.525. The lowest BCUT2D eigenvalue weighted by atomic mass is 10.1. The normalized spacial score (nSPS) is 14.9. The summed E-state index contributed by atoms with van der Waals surface area (Å²) >= 11 is 1.65. The highest BCUT2D eigenvalue weighted by Crippen LogP contribution is 2.35. The second kappa shape index (κ2) is 5.92. The summed E-state index contributed by atoms with van der Waals surface area (Å²) in [6.45, 7) is 4.18. The number of amides is 1. The molecule has 0 spiro atoms. The van der Waals surface area contributed by atoms with Crippen molar-refractivity contribution in [2.75, 3.05) is 5.32 Å². The van der Waals surface area contributed by atoms with Gasteiger partial charge in [-0.15, -0.1) is 11.3 Å². The van der Waals surface area contributed by atoms with Gasteiger partial charge in [-0.2, -0.15) is 0 Å². The van der Waals surface area contributed by atoms with Crippen molar-refractivity contribution in [2.45, 2.75) is 26.7 Å². The Bertz CT molecular complexity index is 839. The summed E-state index contributed by atoms with van der Waals surface area (Å²) in [5, 5.41) is 13.6. The van der Waals surface area contributed by atoms with E-state index in [1.807, 2.05) is 6.07 Å². The van der Waals surface area contributed by atoms with Crippen molar-refractivity contribution in [2.24, 2.45) is 0 Å². The summed E-state index contributed by atoms with van der Waals surface area (Å²) in [5.41, 5.74) is 1.98. The third-order valence-corrected chi connectivity index (χ3v) is 4.90. The van der Waals surface area contributed by atoms with Crippen LogP contribution in [0.2, 0.25) is 0 Å². The van der Waals surface area contributed by atoms with Gasteiger partial charge >= 0.3 is 0 Å². The van der Waals surface area contributed by atoms with E-state index >= 15 is 0 Å². The molecule has 118 valence electrons. The van der Waals surface area contributed by atoms with Crippen molar-refractivity contribution in [1.29, 1.82) is 0 Å². The van der Waals surface area contributed by atoms with Gasteiger partial charge in [0.25, 0.3) is 11.6 Å². The van der Waals surface area contributed by atoms with Crippen LogP contribution in [0.25, 0.3) is 11.6 Å². The van der Waals surface area contributed by atoms with Gasteiger partial charge in [0.2, 0.25) is 0 Å². The SMILES string of the molecule is CCCc1sc(C=C2C(=O)Nc3ncc([N+](=O)[O-])cc32)cc1C. The van der Waals surface area contributed by atoms with E-state index in [4.69, 9.17) is 0 Å². The second-order valence-corrected chi connectivity index (χ2v) is 6.53. The van der Waals surface area contributed by atoms with E-state index in [0.29, 0.717) is 17.0 Å². The molecule has 0 saturated carbocycles. The molecule has 2 aromatic rings. The molecule has 0 fully saturated rings. The molecule has 2 aromatic heterocycles. The van der Waals surface area contributed by atoms with E-state index in [1.165, 1.54) is 16.5 Å². The zero-order valence-electron chi connectivity index (χ0n) is 12.8. The molecule has 0 saturated heterocycles. The number of nitro groups is 1. The average molecular weight is 329 g/mol. The van der Waals surface area contributed by atoms with Gasteiger partial charge in [0.05, 0.1) is 10.5 Å². The fourth-order valence-corrected chi connectivity index (χ4v) is 3.76. The molecule has 0 aliphatic carbocycles. The Morgan fingerprint density at radius 2 is 2.22 bits per heavy atom. The van der Waals surface area contributed by atoms with Crippen LogP contribution in [0.15, 0.2) is 18.3 Å². The molecule has 0 aromatic carbocycles. The fourth-order valence-electron chi connectivity index (χ4n) is 2.53. The lowest BCUT2D eigenvalue weighted by Gasteiger charge is -1.97. The van der Waals surface area contributed by atoms with E-state index < -0.39 is 4.92 Å². The van der Waals surface area contributed by atoms with Gasteiger partial charge < -0.3 is 5.32 Å². The third-order valence-electron chi connectivity index (χ3n) is 3.65. The number of fused-ring (bicyclic) bond motifs is 1. The molecule has 1 aliphatic heterocycles. The first-order chi connectivity index (χ1) is 11.0. The van der Waals surface area contributed by atoms with Crippen LogP contribution in [0.3, 0.4) is 0 Å². The van der Waals surface area contributed by atoms with Crippen LogP contribution in [0.5, 0.6) is 0 Å². The third kappa shape index (κ3) is 2.87. The Labute approximate surface area is 137 Å². The summed E-state index contributed by atoms with van der Waals surface area (Å²) in [7, 11) is 0. The first-order valence-corrected chi connectivity index (χ1v) is 8.08. The highest BCUT2D eigenvalue weighted by atomic mass is 32.1. The summed E-state index contributed by atoms with van der Waals surface area (Å²) < 4.78 is 0. The number of hydrogen-bond acceptors (Lipinski definition) is 5. The van der Waals surface area contributed by atoms with Gasteiger partial charge in [-0.3, -0.25) is 14.9 Å². The molecule has 6 nitrogen and oxygen atoms in total. The molecular weight excluding hydrogens is 314 g/mol. The van der Waals surface area contributed by atoms with Crippen LogP contribution in [-0.4, -0.2) is 15.8 Å². The topological polar surface area (TPSA) is 85.1 Å². The Kier molecular flexibility index (Phi) is 3.96. The van der Waals surface area contributed by atoms with Crippen LogP contribution in [0, 0.1) is 17.0 Å². The van der Waals surface area contributed by atoms with Gasteiger partial charge in [0.15, 0.2) is 0 Å². The number of rotatable bonds is 4. The van der Waals surface area contributed by atoms with E-state index in [2.05, 4.69) is 24.1 Å². The Hall–Kier alpha value is -2.54. The Balaban J connectivity index is 2.04. The molecule has 0 atom stereocenters. The number of nitrogens with one attached hydrogen (secondary N) is 1. The van der Waals surface area contributed by atoms with E-state index in [9.17, 15) is 14.9 Å². The molecule has 1 amide bonds. The zero-order valence-corrected chi connectivity index (χ0v) is 13.6. The molecule has 7 heteroatoms. The molecule has 0 unspecified atom stereocenters. The van der Waals surface area contributed by atoms with E-state index in [0.717, 1.165) is 23.9 Å². The highest BCUT2D eigenvalue weighted by molar-refractivity contribution is 7.13. The van der Waals surface area contributed by atoms with Crippen LogP contribution in [0.1, 0.15) is 34.2 Å². The van der Waals surface area contributed by atoms with Gasteiger partial charge in [0, 0.05) is 21.4 Å². The van der Waals surface area contributed by atoms with Crippen molar-refractivity contribution in [3.8, 4) is 0 Å². The summed E-state index contributed by atoms with van der Waals surface area (Å²) in [6.07, 6.45) is 5.01. The maximum atomic E-state index is 12.1. The van der Waals surface area contributed by atoms with Crippen molar-refractivity contribution in [1.82, 2.24) is 4.98 Å². The maximum Gasteiger partial charge on any atom is 0.288 e. The average Bonchev–Trinajstić information content (AvgIpc) is 3.00. The fraction of sp³-hybridized carbons (Fsp3) is 0.250. The van der Waals surface area contributed by atoms with Crippen molar-refractivity contribution in [3.05, 3.63) is 49.3 Å². The van der Waals surface area contributed by atoms with Crippen LogP contribution >= 0.6 is 11.3 Å². The van der Waals surface area contributed by atoms with Gasteiger partial charge in [-0.1, -0.05) is 13.3 Å². The minimum absolute atomic E-state index is 0.125. The smallest absolute Gasteiger partial charge is 0.288 e. The number of aromatic nitrogens is 1. The van der Waals surface area contributed by atoms with Gasteiger partial charge in [-0.25, -0.2) is 4.98 Å². The number of carbonyl (C=O) groups excluding carboxylic acids is 1. The molecule has 0 radical (unpaired) electrons. The first kappa shape index (κ1) is 15.4.